The number of ether oxygens (including phenoxy) is 5. The van der Waals surface area contributed by atoms with Crippen molar-refractivity contribution in [2.75, 3.05) is 26.4 Å². The minimum atomic E-state index is -0.555. The molecule has 0 saturated carbocycles. The molecule has 7 nitrogen and oxygen atoms in total. The molecule has 2 atom stereocenters. The number of alkyl carbamates (subject to hydrolysis) is 1. The van der Waals surface area contributed by atoms with E-state index in [1.807, 2.05) is 65.0 Å². The number of amides is 1. The van der Waals surface area contributed by atoms with Gasteiger partial charge in [-0.2, -0.15) is 0 Å². The third-order valence-corrected chi connectivity index (χ3v) is 4.13. The van der Waals surface area contributed by atoms with Gasteiger partial charge in [-0.05, 0) is 46.6 Å². The molecule has 1 aromatic rings. The van der Waals surface area contributed by atoms with E-state index in [9.17, 15) is 4.79 Å². The molecule has 0 aliphatic carbocycles. The second kappa shape index (κ2) is 10.9. The van der Waals surface area contributed by atoms with Gasteiger partial charge in [0.25, 0.3) is 0 Å². The smallest absolute Gasteiger partial charge is 0.407 e. The van der Waals surface area contributed by atoms with Crippen LogP contribution in [0.5, 0.6) is 0 Å². The summed E-state index contributed by atoms with van der Waals surface area (Å²) in [4.78, 5) is 12.1. The van der Waals surface area contributed by atoms with Gasteiger partial charge in [0.2, 0.25) is 0 Å². The summed E-state index contributed by atoms with van der Waals surface area (Å²) >= 11 is 0. The first kappa shape index (κ1) is 23.6. The molecule has 0 bridgehead atoms. The molecule has 1 fully saturated rings. The van der Waals surface area contributed by atoms with Crippen LogP contribution in [0.1, 0.15) is 46.6 Å². The Kier molecular flexibility index (Phi) is 8.89. The van der Waals surface area contributed by atoms with Gasteiger partial charge in [0.05, 0.1) is 32.5 Å². The highest BCUT2D eigenvalue weighted by atomic mass is 16.7. The fourth-order valence-corrected chi connectivity index (χ4v) is 2.85. The lowest BCUT2D eigenvalue weighted by Gasteiger charge is -2.24. The van der Waals surface area contributed by atoms with Crippen LogP contribution in [-0.4, -0.2) is 56.1 Å². The van der Waals surface area contributed by atoms with Crippen molar-refractivity contribution in [1.82, 2.24) is 5.32 Å². The maximum atomic E-state index is 12.1. The summed E-state index contributed by atoms with van der Waals surface area (Å²) < 4.78 is 28.2. The highest BCUT2D eigenvalue weighted by Crippen LogP contribution is 2.22. The summed E-state index contributed by atoms with van der Waals surface area (Å²) in [7, 11) is 0. The molecule has 0 aromatic heterocycles. The average Bonchev–Trinajstić information content (AvgIpc) is 2.96. The quantitative estimate of drug-likeness (QED) is 0.595. The van der Waals surface area contributed by atoms with Crippen molar-refractivity contribution in [2.45, 2.75) is 71.2 Å². The summed E-state index contributed by atoms with van der Waals surface area (Å²) in [5.41, 5.74) is 0.531. The Morgan fingerprint density at radius 2 is 1.97 bits per heavy atom. The fraction of sp³-hybridized carbons (Fsp3) is 0.682. The van der Waals surface area contributed by atoms with Crippen LogP contribution in [0.3, 0.4) is 0 Å². The Morgan fingerprint density at radius 3 is 2.59 bits per heavy atom. The van der Waals surface area contributed by atoms with Crippen LogP contribution in [0.25, 0.3) is 0 Å². The van der Waals surface area contributed by atoms with Crippen LogP contribution < -0.4 is 5.32 Å². The summed E-state index contributed by atoms with van der Waals surface area (Å²) in [5.74, 6) is -0.555. The van der Waals surface area contributed by atoms with Gasteiger partial charge in [-0.1, -0.05) is 30.3 Å². The largest absolute Gasteiger partial charge is 0.444 e. The Morgan fingerprint density at radius 1 is 1.24 bits per heavy atom. The molecule has 164 valence electrons. The molecule has 0 unspecified atom stereocenters. The molecule has 1 N–H and O–H groups in total. The van der Waals surface area contributed by atoms with Crippen LogP contribution in [-0.2, 0) is 30.3 Å². The monoisotopic (exact) mass is 409 g/mol. The van der Waals surface area contributed by atoms with Crippen molar-refractivity contribution >= 4 is 6.09 Å². The van der Waals surface area contributed by atoms with Gasteiger partial charge < -0.3 is 29.0 Å². The SMILES string of the molecule is CC(C)(C)OC(=O)N[C@@H](CCOC[C@@H]1COC(C)(C)O1)COCc1ccccc1. The van der Waals surface area contributed by atoms with Crippen LogP contribution in [0.15, 0.2) is 30.3 Å². The third kappa shape index (κ3) is 10.1. The van der Waals surface area contributed by atoms with Gasteiger partial charge in [-0.3, -0.25) is 0 Å². The second-order valence-electron chi connectivity index (χ2n) is 8.66. The number of carbonyl (C=O) groups is 1. The van der Waals surface area contributed by atoms with E-state index in [-0.39, 0.29) is 12.1 Å². The molecule has 0 spiro atoms. The zero-order chi connectivity index (χ0) is 21.3. The first-order valence-corrected chi connectivity index (χ1v) is 10.1. The minimum absolute atomic E-state index is 0.0726. The topological polar surface area (TPSA) is 75.3 Å². The average molecular weight is 410 g/mol. The van der Waals surface area contributed by atoms with E-state index in [2.05, 4.69) is 5.32 Å². The molecule has 1 aliphatic heterocycles. The van der Waals surface area contributed by atoms with E-state index < -0.39 is 17.5 Å². The maximum absolute atomic E-state index is 12.1. The Bertz CT molecular complexity index is 613. The van der Waals surface area contributed by atoms with E-state index in [4.69, 9.17) is 23.7 Å². The molecule has 1 aromatic carbocycles. The Labute approximate surface area is 174 Å². The fourth-order valence-electron chi connectivity index (χ4n) is 2.85. The minimum Gasteiger partial charge on any atom is -0.444 e. The van der Waals surface area contributed by atoms with Crippen LogP contribution in [0.2, 0.25) is 0 Å². The van der Waals surface area contributed by atoms with Crippen LogP contribution in [0, 0.1) is 0 Å². The molecule has 7 heteroatoms. The standard InChI is InChI=1S/C22H35NO6/c1-21(2,3)29-20(24)23-18(14-26-13-17-9-7-6-8-10-17)11-12-25-15-19-16-27-22(4,5)28-19/h6-10,18-19H,11-16H2,1-5H3,(H,23,24)/t18-,19+/m0/s1. The predicted octanol–water partition coefficient (Wildman–Crippen LogP) is 3.65. The van der Waals surface area contributed by atoms with Gasteiger partial charge in [0, 0.05) is 6.61 Å². The Balaban J connectivity index is 1.75. The normalized spacial score (nSPS) is 19.7. The molecule has 1 saturated heterocycles. The highest BCUT2D eigenvalue weighted by Gasteiger charge is 2.32. The predicted molar refractivity (Wildman–Crippen MR) is 110 cm³/mol. The lowest BCUT2D eigenvalue weighted by Crippen LogP contribution is -2.42. The van der Waals surface area contributed by atoms with E-state index in [0.717, 1.165) is 5.56 Å². The zero-order valence-electron chi connectivity index (χ0n) is 18.2. The van der Waals surface area contributed by atoms with E-state index in [1.165, 1.54) is 0 Å². The third-order valence-electron chi connectivity index (χ3n) is 4.13. The molecule has 29 heavy (non-hydrogen) atoms. The number of rotatable bonds is 10. The van der Waals surface area contributed by atoms with Crippen molar-refractivity contribution in [3.63, 3.8) is 0 Å². The first-order chi connectivity index (χ1) is 13.6. The molecule has 0 radical (unpaired) electrons. The second-order valence-corrected chi connectivity index (χ2v) is 8.66. The van der Waals surface area contributed by atoms with Crippen molar-refractivity contribution < 1.29 is 28.5 Å². The molecule has 1 aliphatic rings. The number of carbonyl (C=O) groups excluding carboxylic acids is 1. The van der Waals surface area contributed by atoms with Gasteiger partial charge in [-0.15, -0.1) is 0 Å². The zero-order valence-corrected chi connectivity index (χ0v) is 18.2. The molecule has 1 amide bonds. The molecular formula is C22H35NO6. The molecule has 1 heterocycles. The van der Waals surface area contributed by atoms with Crippen molar-refractivity contribution in [3.05, 3.63) is 35.9 Å². The van der Waals surface area contributed by atoms with Gasteiger partial charge in [0.15, 0.2) is 5.79 Å². The van der Waals surface area contributed by atoms with Crippen LogP contribution >= 0.6 is 0 Å². The molecular weight excluding hydrogens is 374 g/mol. The Hall–Kier alpha value is -1.67. The van der Waals surface area contributed by atoms with E-state index in [1.54, 1.807) is 0 Å². The van der Waals surface area contributed by atoms with E-state index in [0.29, 0.717) is 39.5 Å². The van der Waals surface area contributed by atoms with Gasteiger partial charge in [0.1, 0.15) is 11.7 Å². The lowest BCUT2D eigenvalue weighted by molar-refractivity contribution is -0.145. The van der Waals surface area contributed by atoms with Crippen molar-refractivity contribution in [3.8, 4) is 0 Å². The summed E-state index contributed by atoms with van der Waals surface area (Å²) in [5, 5.41) is 2.88. The number of nitrogens with one attached hydrogen (secondary N) is 1. The molecule has 2 rings (SSSR count). The number of hydrogen-bond donors (Lipinski definition) is 1. The summed E-state index contributed by atoms with van der Waals surface area (Å²) in [6, 6.07) is 9.70. The van der Waals surface area contributed by atoms with E-state index >= 15 is 0 Å². The van der Waals surface area contributed by atoms with Gasteiger partial charge >= 0.3 is 6.09 Å². The summed E-state index contributed by atoms with van der Waals surface area (Å²) in [6.07, 6.45) is 0.0713. The summed E-state index contributed by atoms with van der Waals surface area (Å²) in [6.45, 7) is 11.6. The maximum Gasteiger partial charge on any atom is 0.407 e. The number of hydrogen-bond acceptors (Lipinski definition) is 6. The first-order valence-electron chi connectivity index (χ1n) is 10.1. The number of benzene rings is 1. The van der Waals surface area contributed by atoms with Crippen LogP contribution in [0.4, 0.5) is 4.79 Å². The lowest BCUT2D eigenvalue weighted by atomic mass is 10.2. The van der Waals surface area contributed by atoms with Crippen molar-refractivity contribution in [1.29, 1.82) is 0 Å². The van der Waals surface area contributed by atoms with Gasteiger partial charge in [-0.25, -0.2) is 4.79 Å². The van der Waals surface area contributed by atoms with Crippen molar-refractivity contribution in [2.24, 2.45) is 0 Å². The highest BCUT2D eigenvalue weighted by molar-refractivity contribution is 5.68.